The number of nitro benzene ring substituents is 2. The molecule has 0 atom stereocenters. The summed E-state index contributed by atoms with van der Waals surface area (Å²) in [6.07, 6.45) is 2.32. The number of ether oxygens (including phenoxy) is 2. The molecule has 0 saturated carbocycles. The number of carbonyl (C=O) groups excluding carboxylic acids is 1. The predicted molar refractivity (Wildman–Crippen MR) is 124 cm³/mol. The van der Waals surface area contributed by atoms with Crippen LogP contribution in [0, 0.1) is 20.2 Å². The monoisotopic (exact) mass is 464 g/mol. The Hall–Kier alpha value is -4.80. The van der Waals surface area contributed by atoms with Crippen LogP contribution >= 0.6 is 0 Å². The average Bonchev–Trinajstić information content (AvgIpc) is 2.84. The molecule has 3 rings (SSSR count). The van der Waals surface area contributed by atoms with Crippen molar-refractivity contribution in [1.82, 2.24) is 5.43 Å². The second kappa shape index (κ2) is 11.2. The van der Waals surface area contributed by atoms with Gasteiger partial charge < -0.3 is 9.47 Å². The highest BCUT2D eigenvalue weighted by molar-refractivity contribution is 5.95. The van der Waals surface area contributed by atoms with Crippen molar-refractivity contribution in [3.63, 3.8) is 0 Å². The van der Waals surface area contributed by atoms with E-state index in [0.717, 1.165) is 18.6 Å². The molecule has 0 fully saturated rings. The molecule has 0 aromatic heterocycles. The second-order valence-corrected chi connectivity index (χ2v) is 6.91. The molecule has 1 N–H and O–H groups in total. The summed E-state index contributed by atoms with van der Waals surface area (Å²) in [5.41, 5.74) is 2.56. The summed E-state index contributed by atoms with van der Waals surface area (Å²) in [6.45, 7) is 2.61. The fraction of sp³-hybridized carbons (Fsp3) is 0.130. The van der Waals surface area contributed by atoms with Crippen molar-refractivity contribution < 1.29 is 24.1 Å². The first kappa shape index (κ1) is 23.9. The van der Waals surface area contributed by atoms with E-state index in [2.05, 4.69) is 10.5 Å². The van der Waals surface area contributed by atoms with E-state index in [1.54, 1.807) is 48.5 Å². The van der Waals surface area contributed by atoms with Crippen molar-refractivity contribution in [3.05, 3.63) is 98.1 Å². The van der Waals surface area contributed by atoms with Gasteiger partial charge in [0.25, 0.3) is 11.6 Å². The molecule has 0 spiro atoms. The number of hydrogen-bond acceptors (Lipinski definition) is 8. The van der Waals surface area contributed by atoms with Crippen molar-refractivity contribution in [2.75, 3.05) is 6.61 Å². The molecule has 0 radical (unpaired) electrons. The smallest absolute Gasteiger partial charge is 0.318 e. The molecule has 0 aliphatic heterocycles. The van der Waals surface area contributed by atoms with Crippen LogP contribution in [0.5, 0.6) is 17.2 Å². The van der Waals surface area contributed by atoms with Gasteiger partial charge in [0.05, 0.1) is 28.7 Å². The van der Waals surface area contributed by atoms with E-state index in [0.29, 0.717) is 23.5 Å². The van der Waals surface area contributed by atoms with Crippen LogP contribution in [0.2, 0.25) is 0 Å². The molecule has 174 valence electrons. The van der Waals surface area contributed by atoms with Gasteiger partial charge in [-0.1, -0.05) is 6.92 Å². The van der Waals surface area contributed by atoms with Crippen LogP contribution < -0.4 is 14.9 Å². The maximum Gasteiger partial charge on any atom is 0.318 e. The lowest BCUT2D eigenvalue weighted by molar-refractivity contribution is -0.394. The molecule has 1 amide bonds. The molecule has 0 bridgehead atoms. The number of nitro groups is 2. The fourth-order valence-electron chi connectivity index (χ4n) is 2.75. The third-order valence-electron chi connectivity index (χ3n) is 4.43. The number of benzene rings is 3. The zero-order chi connectivity index (χ0) is 24.5. The molecule has 11 nitrogen and oxygen atoms in total. The van der Waals surface area contributed by atoms with Crippen LogP contribution in [-0.2, 0) is 0 Å². The highest BCUT2D eigenvalue weighted by Gasteiger charge is 2.21. The van der Waals surface area contributed by atoms with Gasteiger partial charge in [0, 0.05) is 11.6 Å². The Morgan fingerprint density at radius 2 is 1.65 bits per heavy atom. The Morgan fingerprint density at radius 3 is 2.26 bits per heavy atom. The number of hydrazone groups is 1. The first-order valence-electron chi connectivity index (χ1n) is 10.1. The van der Waals surface area contributed by atoms with Gasteiger partial charge in [-0.15, -0.1) is 0 Å². The van der Waals surface area contributed by atoms with Gasteiger partial charge in [0.1, 0.15) is 11.5 Å². The van der Waals surface area contributed by atoms with Gasteiger partial charge in [-0.2, -0.15) is 5.10 Å². The number of carbonyl (C=O) groups is 1. The molecule has 0 heterocycles. The Bertz CT molecular complexity index is 1210. The van der Waals surface area contributed by atoms with Crippen molar-refractivity contribution in [3.8, 4) is 17.2 Å². The second-order valence-electron chi connectivity index (χ2n) is 6.91. The van der Waals surface area contributed by atoms with Crippen molar-refractivity contribution >= 4 is 23.5 Å². The first-order valence-corrected chi connectivity index (χ1v) is 10.1. The van der Waals surface area contributed by atoms with Crippen LogP contribution in [0.4, 0.5) is 11.4 Å². The molecule has 3 aromatic rings. The lowest BCUT2D eigenvalue weighted by atomic mass is 10.2. The standard InChI is InChI=1S/C23H20N4O7/c1-2-13-33-19-10-5-17(6-11-19)23(28)25-24-15-16-3-8-20(9-4-16)34-22-12-7-18(26(29)30)14-21(22)27(31)32/h3-12,14-15H,2,13H2,1H3,(H,25,28)/b24-15+. The van der Waals surface area contributed by atoms with Gasteiger partial charge >= 0.3 is 5.69 Å². The van der Waals surface area contributed by atoms with Gasteiger partial charge in [0.15, 0.2) is 0 Å². The summed E-state index contributed by atoms with van der Waals surface area (Å²) in [7, 11) is 0. The zero-order valence-electron chi connectivity index (χ0n) is 18.0. The third-order valence-corrected chi connectivity index (χ3v) is 4.43. The summed E-state index contributed by atoms with van der Waals surface area (Å²) in [5, 5.41) is 26.0. The minimum absolute atomic E-state index is 0.129. The number of amides is 1. The van der Waals surface area contributed by atoms with Crippen LogP contribution in [0.1, 0.15) is 29.3 Å². The van der Waals surface area contributed by atoms with E-state index >= 15 is 0 Å². The number of hydrogen-bond donors (Lipinski definition) is 1. The maximum absolute atomic E-state index is 12.2. The molecule has 11 heteroatoms. The van der Waals surface area contributed by atoms with E-state index in [-0.39, 0.29) is 17.4 Å². The van der Waals surface area contributed by atoms with E-state index in [1.807, 2.05) is 6.92 Å². The zero-order valence-corrected chi connectivity index (χ0v) is 18.0. The Balaban J connectivity index is 1.60. The summed E-state index contributed by atoms with van der Waals surface area (Å²) < 4.78 is 11.0. The normalized spacial score (nSPS) is 10.6. The summed E-state index contributed by atoms with van der Waals surface area (Å²) in [4.78, 5) is 32.8. The Kier molecular flexibility index (Phi) is 7.84. The van der Waals surface area contributed by atoms with Crippen molar-refractivity contribution in [1.29, 1.82) is 0 Å². The minimum atomic E-state index is -0.752. The average molecular weight is 464 g/mol. The fourth-order valence-corrected chi connectivity index (χ4v) is 2.75. The number of rotatable bonds is 10. The van der Waals surface area contributed by atoms with E-state index in [4.69, 9.17) is 9.47 Å². The van der Waals surface area contributed by atoms with E-state index < -0.39 is 21.2 Å². The van der Waals surface area contributed by atoms with Gasteiger partial charge in [-0.25, -0.2) is 5.43 Å². The molecular formula is C23H20N4O7. The van der Waals surface area contributed by atoms with Crippen molar-refractivity contribution in [2.24, 2.45) is 5.10 Å². The molecule has 0 saturated heterocycles. The first-order chi connectivity index (χ1) is 16.4. The number of non-ortho nitro benzene ring substituents is 1. The third kappa shape index (κ3) is 6.36. The predicted octanol–water partition coefficient (Wildman–Crippen LogP) is 4.85. The largest absolute Gasteiger partial charge is 0.494 e. The highest BCUT2D eigenvalue weighted by Crippen LogP contribution is 2.34. The molecule has 0 aliphatic rings. The molecule has 0 aliphatic carbocycles. The van der Waals surface area contributed by atoms with E-state index in [9.17, 15) is 25.0 Å². The molecule has 0 unspecified atom stereocenters. The lowest BCUT2D eigenvalue weighted by Crippen LogP contribution is -2.17. The van der Waals surface area contributed by atoms with Crippen LogP contribution in [0.3, 0.4) is 0 Å². The Morgan fingerprint density at radius 1 is 0.971 bits per heavy atom. The van der Waals surface area contributed by atoms with Crippen LogP contribution in [0.15, 0.2) is 71.8 Å². The van der Waals surface area contributed by atoms with Gasteiger partial charge in [-0.05, 0) is 66.6 Å². The minimum Gasteiger partial charge on any atom is -0.494 e. The SMILES string of the molecule is CCCOc1ccc(C(=O)N/N=C/c2ccc(Oc3ccc([N+](=O)[O-])cc3[N+](=O)[O-])cc2)cc1. The molecule has 3 aromatic carbocycles. The summed E-state index contributed by atoms with van der Waals surface area (Å²) in [6, 6.07) is 16.2. The topological polar surface area (TPSA) is 146 Å². The Labute approximate surface area is 193 Å². The molecule has 34 heavy (non-hydrogen) atoms. The quantitative estimate of drug-likeness (QED) is 0.256. The maximum atomic E-state index is 12.2. The number of nitrogens with one attached hydrogen (secondary N) is 1. The highest BCUT2D eigenvalue weighted by atomic mass is 16.6. The van der Waals surface area contributed by atoms with Crippen LogP contribution in [0.25, 0.3) is 0 Å². The number of nitrogens with zero attached hydrogens (tertiary/aromatic N) is 3. The lowest BCUT2D eigenvalue weighted by Gasteiger charge is -2.06. The van der Waals surface area contributed by atoms with Crippen molar-refractivity contribution in [2.45, 2.75) is 13.3 Å². The van der Waals surface area contributed by atoms with Crippen LogP contribution in [-0.4, -0.2) is 28.6 Å². The molecular weight excluding hydrogens is 444 g/mol. The van der Waals surface area contributed by atoms with E-state index in [1.165, 1.54) is 12.3 Å². The summed E-state index contributed by atoms with van der Waals surface area (Å²) >= 11 is 0. The van der Waals surface area contributed by atoms with Gasteiger partial charge in [0.2, 0.25) is 5.75 Å². The van der Waals surface area contributed by atoms with Gasteiger partial charge in [-0.3, -0.25) is 25.0 Å². The summed E-state index contributed by atoms with van der Waals surface area (Å²) in [5.74, 6) is 0.450.